The van der Waals surface area contributed by atoms with E-state index < -0.39 is 30.0 Å². The van der Waals surface area contributed by atoms with Gasteiger partial charge >= 0.3 is 12.4 Å². The summed E-state index contributed by atoms with van der Waals surface area (Å²) in [5, 5.41) is 17.8. The average Bonchev–Trinajstić information content (AvgIpc) is 3.53. The molecule has 0 saturated heterocycles. The van der Waals surface area contributed by atoms with Crippen LogP contribution in [0, 0.1) is 0 Å². The monoisotopic (exact) mass is 604 g/mol. The molecule has 0 unspecified atom stereocenters. The van der Waals surface area contributed by atoms with Gasteiger partial charge in [-0.1, -0.05) is 79.2 Å². The molecular formula is C29H23ClF6N6. The average molecular weight is 605 g/mol. The molecule has 0 fully saturated rings. The van der Waals surface area contributed by atoms with E-state index in [-0.39, 0.29) is 23.2 Å². The van der Waals surface area contributed by atoms with Crippen LogP contribution in [0.25, 0.3) is 22.8 Å². The van der Waals surface area contributed by atoms with Crippen molar-refractivity contribution in [3.05, 3.63) is 106 Å². The molecule has 0 aliphatic heterocycles. The molecule has 0 atom stereocenters. The Morgan fingerprint density at radius 2 is 1.38 bits per heavy atom. The molecule has 5 aromatic rings. The van der Waals surface area contributed by atoms with Crippen molar-refractivity contribution in [2.24, 2.45) is 0 Å². The molecule has 6 nitrogen and oxygen atoms in total. The summed E-state index contributed by atoms with van der Waals surface area (Å²) >= 11 is 6.44. The second-order valence-electron chi connectivity index (χ2n) is 9.94. The van der Waals surface area contributed by atoms with Gasteiger partial charge in [0.25, 0.3) is 0 Å². The van der Waals surface area contributed by atoms with Crippen molar-refractivity contribution < 1.29 is 26.3 Å². The second-order valence-corrected chi connectivity index (χ2v) is 10.3. The van der Waals surface area contributed by atoms with E-state index in [4.69, 9.17) is 11.6 Å². The van der Waals surface area contributed by atoms with Gasteiger partial charge in [-0.05, 0) is 35.4 Å². The van der Waals surface area contributed by atoms with Gasteiger partial charge < -0.3 is 4.57 Å². The molecule has 0 amide bonds. The fourth-order valence-corrected chi connectivity index (χ4v) is 4.81. The standard InChI is InChI=1S/C29H23ClF6N6/c1-17(2)26-38-39-27(41(26)16-20-10-6-7-11-23(20)30)24-25(19-8-4-3-5-9-19)42(40-37-24)15-18-12-21(28(31,32)33)14-22(13-18)29(34,35)36/h3-14,17H,15-16H2,1-2H3. The van der Waals surface area contributed by atoms with Gasteiger partial charge in [0.1, 0.15) is 11.5 Å². The number of hydrogen-bond acceptors (Lipinski definition) is 4. The molecule has 218 valence electrons. The predicted molar refractivity (Wildman–Crippen MR) is 145 cm³/mol. The van der Waals surface area contributed by atoms with Gasteiger partial charge in [-0.15, -0.1) is 15.3 Å². The van der Waals surface area contributed by atoms with Gasteiger partial charge in [0.15, 0.2) is 11.5 Å². The van der Waals surface area contributed by atoms with Crippen LogP contribution in [-0.4, -0.2) is 29.8 Å². The first-order valence-corrected chi connectivity index (χ1v) is 13.1. The minimum atomic E-state index is -4.98. The van der Waals surface area contributed by atoms with Crippen LogP contribution in [0.4, 0.5) is 26.3 Å². The number of alkyl halides is 6. The molecular weight excluding hydrogens is 582 g/mol. The van der Waals surface area contributed by atoms with Crippen LogP contribution in [0.15, 0.2) is 72.8 Å². The molecule has 0 spiro atoms. The molecule has 13 heteroatoms. The van der Waals surface area contributed by atoms with E-state index in [0.29, 0.717) is 46.6 Å². The molecule has 2 heterocycles. The van der Waals surface area contributed by atoms with E-state index in [9.17, 15) is 26.3 Å². The minimum absolute atomic E-state index is 0.0464. The van der Waals surface area contributed by atoms with Gasteiger partial charge in [-0.2, -0.15) is 26.3 Å². The Hall–Kier alpha value is -4.19. The van der Waals surface area contributed by atoms with E-state index in [1.807, 2.05) is 30.5 Å². The largest absolute Gasteiger partial charge is 0.416 e. The van der Waals surface area contributed by atoms with E-state index in [2.05, 4.69) is 20.5 Å². The lowest BCUT2D eigenvalue weighted by Gasteiger charge is -2.15. The molecule has 0 bridgehead atoms. The van der Waals surface area contributed by atoms with Crippen LogP contribution in [-0.2, 0) is 25.4 Å². The molecule has 42 heavy (non-hydrogen) atoms. The van der Waals surface area contributed by atoms with Crippen molar-refractivity contribution in [2.75, 3.05) is 0 Å². The van der Waals surface area contributed by atoms with Gasteiger partial charge in [-0.25, -0.2) is 4.68 Å². The van der Waals surface area contributed by atoms with Crippen molar-refractivity contribution in [2.45, 2.75) is 45.2 Å². The maximum Gasteiger partial charge on any atom is 0.416 e. The van der Waals surface area contributed by atoms with Crippen LogP contribution in [0.5, 0.6) is 0 Å². The lowest BCUT2D eigenvalue weighted by atomic mass is 10.0. The lowest BCUT2D eigenvalue weighted by molar-refractivity contribution is -0.143. The Balaban J connectivity index is 1.67. The van der Waals surface area contributed by atoms with E-state index in [1.54, 1.807) is 42.5 Å². The SMILES string of the molecule is CC(C)c1nnc(-c2nnn(Cc3cc(C(F)(F)F)cc(C(F)(F)F)c3)c2-c2ccccc2)n1Cc1ccccc1Cl. The summed E-state index contributed by atoms with van der Waals surface area (Å²) < 4.78 is 84.3. The van der Waals surface area contributed by atoms with Gasteiger partial charge in [0.2, 0.25) is 0 Å². The van der Waals surface area contributed by atoms with Gasteiger partial charge in [-0.3, -0.25) is 0 Å². The summed E-state index contributed by atoms with van der Waals surface area (Å²) in [6.07, 6.45) is -9.96. The number of nitrogens with zero attached hydrogens (tertiary/aromatic N) is 6. The Labute approximate surface area is 241 Å². The van der Waals surface area contributed by atoms with Crippen molar-refractivity contribution in [3.8, 4) is 22.8 Å². The molecule has 3 aromatic carbocycles. The molecule has 5 rings (SSSR count). The summed E-state index contributed by atoms with van der Waals surface area (Å²) in [5.74, 6) is 0.907. The highest BCUT2D eigenvalue weighted by Crippen LogP contribution is 2.37. The smallest absolute Gasteiger partial charge is 0.305 e. The molecule has 2 aromatic heterocycles. The highest BCUT2D eigenvalue weighted by molar-refractivity contribution is 6.31. The van der Waals surface area contributed by atoms with Crippen LogP contribution < -0.4 is 0 Å². The number of hydrogen-bond donors (Lipinski definition) is 0. The molecule has 0 aliphatic carbocycles. The maximum absolute atomic E-state index is 13.5. The zero-order valence-electron chi connectivity index (χ0n) is 22.2. The summed E-state index contributed by atoms with van der Waals surface area (Å²) in [5.41, 5.74) is -1.07. The first-order valence-electron chi connectivity index (χ1n) is 12.8. The Bertz CT molecular complexity index is 1670. The number of rotatable bonds is 7. The molecule has 0 aliphatic rings. The number of aromatic nitrogens is 6. The Kier molecular flexibility index (Phi) is 7.84. The first kappa shape index (κ1) is 29.3. The molecule has 0 radical (unpaired) electrons. The van der Waals surface area contributed by atoms with Crippen molar-refractivity contribution in [1.29, 1.82) is 0 Å². The van der Waals surface area contributed by atoms with Crippen molar-refractivity contribution >= 4 is 11.6 Å². The molecule has 0 N–H and O–H groups in total. The highest BCUT2D eigenvalue weighted by Gasteiger charge is 2.37. The third-order valence-electron chi connectivity index (χ3n) is 6.56. The highest BCUT2D eigenvalue weighted by atomic mass is 35.5. The number of halogens is 7. The fraction of sp³-hybridized carbons (Fsp3) is 0.241. The fourth-order valence-electron chi connectivity index (χ4n) is 4.61. The maximum atomic E-state index is 13.5. The van der Waals surface area contributed by atoms with Crippen LogP contribution in [0.1, 0.15) is 47.8 Å². The zero-order valence-corrected chi connectivity index (χ0v) is 23.0. The van der Waals surface area contributed by atoms with Crippen molar-refractivity contribution in [3.63, 3.8) is 0 Å². The van der Waals surface area contributed by atoms with Crippen LogP contribution in [0.2, 0.25) is 5.02 Å². The van der Waals surface area contributed by atoms with Crippen LogP contribution in [0.3, 0.4) is 0 Å². The Morgan fingerprint density at radius 1 is 0.762 bits per heavy atom. The van der Waals surface area contributed by atoms with Crippen molar-refractivity contribution in [1.82, 2.24) is 29.8 Å². The predicted octanol–water partition coefficient (Wildman–Crippen LogP) is 8.11. The third kappa shape index (κ3) is 6.03. The summed E-state index contributed by atoms with van der Waals surface area (Å²) in [4.78, 5) is 0. The minimum Gasteiger partial charge on any atom is -0.305 e. The van der Waals surface area contributed by atoms with Gasteiger partial charge in [0.05, 0.1) is 24.2 Å². The lowest BCUT2D eigenvalue weighted by Crippen LogP contribution is -2.13. The molecule has 0 saturated carbocycles. The quantitative estimate of drug-likeness (QED) is 0.176. The normalized spacial score (nSPS) is 12.3. The summed E-state index contributed by atoms with van der Waals surface area (Å²) in [7, 11) is 0. The Morgan fingerprint density at radius 3 is 1.98 bits per heavy atom. The topological polar surface area (TPSA) is 61.4 Å². The number of benzene rings is 3. The zero-order chi connectivity index (χ0) is 30.2. The summed E-state index contributed by atoms with van der Waals surface area (Å²) in [6.45, 7) is 3.76. The second kappa shape index (κ2) is 11.2. The van der Waals surface area contributed by atoms with E-state index in [0.717, 1.165) is 5.56 Å². The van der Waals surface area contributed by atoms with Gasteiger partial charge in [0, 0.05) is 16.5 Å². The third-order valence-corrected chi connectivity index (χ3v) is 6.92. The summed E-state index contributed by atoms with van der Waals surface area (Å²) in [6, 6.07) is 17.5. The first-order chi connectivity index (χ1) is 19.8. The van der Waals surface area contributed by atoms with Crippen LogP contribution >= 0.6 is 11.6 Å². The van der Waals surface area contributed by atoms with E-state index in [1.165, 1.54) is 4.68 Å². The van der Waals surface area contributed by atoms with E-state index >= 15 is 0 Å².